The molecule has 0 aliphatic heterocycles. The molecule has 0 saturated carbocycles. The Bertz CT molecular complexity index is 591. The van der Waals surface area contributed by atoms with Gasteiger partial charge in [0.2, 0.25) is 0 Å². The van der Waals surface area contributed by atoms with Gasteiger partial charge in [-0.3, -0.25) is 0 Å². The summed E-state index contributed by atoms with van der Waals surface area (Å²) in [7, 11) is 0. The van der Waals surface area contributed by atoms with Crippen LogP contribution in [0.15, 0.2) is 42.5 Å². The Hall–Kier alpha value is -1.80. The Morgan fingerprint density at radius 1 is 1.22 bits per heavy atom. The number of carbonyl (C=O) groups is 1. The number of aryl methyl sites for hydroxylation is 1. The molecule has 2 aromatic rings. The number of hydrogen-bond donors (Lipinski definition) is 1. The Balaban J connectivity index is 2.59. The predicted molar refractivity (Wildman–Crippen MR) is 73.2 cm³/mol. The van der Waals surface area contributed by atoms with E-state index < -0.39 is 5.97 Å². The van der Waals surface area contributed by atoms with Gasteiger partial charge in [0.1, 0.15) is 0 Å². The highest BCUT2D eigenvalue weighted by Crippen LogP contribution is 2.27. The number of carboxylic acids is 1. The molecular formula is C15H13ClO2. The first kappa shape index (κ1) is 12.7. The minimum absolute atomic E-state index is 0.232. The molecule has 0 aliphatic carbocycles. The zero-order valence-electron chi connectivity index (χ0n) is 9.98. The molecule has 2 nitrogen and oxygen atoms in total. The van der Waals surface area contributed by atoms with Crippen molar-refractivity contribution in [3.63, 3.8) is 0 Å². The van der Waals surface area contributed by atoms with Crippen LogP contribution >= 0.6 is 11.6 Å². The quantitative estimate of drug-likeness (QED) is 0.895. The molecule has 0 atom stereocenters. The Morgan fingerprint density at radius 2 is 2.00 bits per heavy atom. The van der Waals surface area contributed by atoms with E-state index in [1.807, 2.05) is 24.3 Å². The topological polar surface area (TPSA) is 37.3 Å². The minimum Gasteiger partial charge on any atom is -0.478 e. The van der Waals surface area contributed by atoms with E-state index in [0.717, 1.165) is 12.0 Å². The molecule has 0 bridgehead atoms. The summed E-state index contributed by atoms with van der Waals surface area (Å²) in [6.07, 6.45) is 0.920. The molecule has 0 saturated heterocycles. The van der Waals surface area contributed by atoms with Crippen LogP contribution in [0.4, 0.5) is 0 Å². The summed E-state index contributed by atoms with van der Waals surface area (Å²) in [6.45, 7) is 2.07. The second-order valence-corrected chi connectivity index (χ2v) is 4.49. The minimum atomic E-state index is -0.964. The third-order valence-electron chi connectivity index (χ3n) is 2.86. The van der Waals surface area contributed by atoms with Crippen molar-refractivity contribution in [3.8, 4) is 11.1 Å². The molecule has 3 heteroatoms. The Kier molecular flexibility index (Phi) is 3.68. The predicted octanol–water partition coefficient (Wildman–Crippen LogP) is 4.27. The van der Waals surface area contributed by atoms with Crippen molar-refractivity contribution in [3.05, 3.63) is 58.6 Å². The molecule has 0 radical (unpaired) electrons. The van der Waals surface area contributed by atoms with Gasteiger partial charge in [-0.1, -0.05) is 48.9 Å². The third kappa shape index (κ3) is 2.54. The van der Waals surface area contributed by atoms with Gasteiger partial charge in [-0.25, -0.2) is 4.79 Å². The summed E-state index contributed by atoms with van der Waals surface area (Å²) in [6, 6.07) is 12.8. The van der Waals surface area contributed by atoms with E-state index in [4.69, 9.17) is 11.6 Å². The SMILES string of the molecule is CCc1cccc(-c2ccc(Cl)cc2C(=O)O)c1. The molecule has 0 amide bonds. The normalized spacial score (nSPS) is 10.3. The number of carboxylic acid groups (broad SMARTS) is 1. The van der Waals surface area contributed by atoms with Gasteiger partial charge in [0.25, 0.3) is 0 Å². The highest BCUT2D eigenvalue weighted by atomic mass is 35.5. The molecule has 0 aromatic heterocycles. The number of aromatic carboxylic acids is 1. The van der Waals surface area contributed by atoms with E-state index in [0.29, 0.717) is 10.6 Å². The van der Waals surface area contributed by atoms with Crippen LogP contribution < -0.4 is 0 Å². The monoisotopic (exact) mass is 260 g/mol. The van der Waals surface area contributed by atoms with Gasteiger partial charge in [0.05, 0.1) is 5.56 Å². The van der Waals surface area contributed by atoms with E-state index in [-0.39, 0.29) is 5.56 Å². The molecule has 0 heterocycles. The zero-order valence-corrected chi connectivity index (χ0v) is 10.7. The number of halogens is 1. The molecule has 0 aliphatic rings. The third-order valence-corrected chi connectivity index (χ3v) is 3.09. The van der Waals surface area contributed by atoms with E-state index in [1.165, 1.54) is 11.6 Å². The van der Waals surface area contributed by atoms with Crippen LogP contribution in [-0.2, 0) is 6.42 Å². The molecule has 92 valence electrons. The fraction of sp³-hybridized carbons (Fsp3) is 0.133. The van der Waals surface area contributed by atoms with E-state index in [1.54, 1.807) is 12.1 Å². The zero-order chi connectivity index (χ0) is 13.1. The van der Waals surface area contributed by atoms with Crippen LogP contribution in [0.5, 0.6) is 0 Å². The maximum absolute atomic E-state index is 11.2. The largest absolute Gasteiger partial charge is 0.478 e. The number of hydrogen-bond acceptors (Lipinski definition) is 1. The van der Waals surface area contributed by atoms with Crippen molar-refractivity contribution in [2.45, 2.75) is 13.3 Å². The summed E-state index contributed by atoms with van der Waals surface area (Å²) in [5.41, 5.74) is 3.01. The van der Waals surface area contributed by atoms with Gasteiger partial charge in [0, 0.05) is 5.02 Å². The van der Waals surface area contributed by atoms with Crippen LogP contribution in [-0.4, -0.2) is 11.1 Å². The van der Waals surface area contributed by atoms with Crippen LogP contribution in [0.2, 0.25) is 5.02 Å². The van der Waals surface area contributed by atoms with Gasteiger partial charge in [-0.15, -0.1) is 0 Å². The molecule has 2 rings (SSSR count). The Labute approximate surface area is 111 Å². The van der Waals surface area contributed by atoms with Crippen LogP contribution in [0, 0.1) is 0 Å². The lowest BCUT2D eigenvalue weighted by Gasteiger charge is -2.08. The first-order chi connectivity index (χ1) is 8.61. The van der Waals surface area contributed by atoms with Gasteiger partial charge in [-0.05, 0) is 35.2 Å². The fourth-order valence-electron chi connectivity index (χ4n) is 1.90. The summed E-state index contributed by atoms with van der Waals surface area (Å²) in [5.74, 6) is -0.964. The van der Waals surface area contributed by atoms with Crippen LogP contribution in [0.25, 0.3) is 11.1 Å². The van der Waals surface area contributed by atoms with E-state index in [2.05, 4.69) is 6.92 Å². The first-order valence-electron chi connectivity index (χ1n) is 5.74. The molecule has 0 spiro atoms. The summed E-state index contributed by atoms with van der Waals surface area (Å²) < 4.78 is 0. The standard InChI is InChI=1S/C15H13ClO2/c1-2-10-4-3-5-11(8-10)13-7-6-12(16)9-14(13)15(17)18/h3-9H,2H2,1H3,(H,17,18). The molecular weight excluding hydrogens is 248 g/mol. The van der Waals surface area contributed by atoms with Gasteiger partial charge < -0.3 is 5.11 Å². The molecule has 18 heavy (non-hydrogen) atoms. The average molecular weight is 261 g/mol. The smallest absolute Gasteiger partial charge is 0.336 e. The lowest BCUT2D eigenvalue weighted by Crippen LogP contribution is -1.99. The van der Waals surface area contributed by atoms with Gasteiger partial charge in [0.15, 0.2) is 0 Å². The van der Waals surface area contributed by atoms with Crippen molar-refractivity contribution >= 4 is 17.6 Å². The fourth-order valence-corrected chi connectivity index (χ4v) is 2.08. The van der Waals surface area contributed by atoms with Crippen molar-refractivity contribution in [1.82, 2.24) is 0 Å². The van der Waals surface area contributed by atoms with E-state index >= 15 is 0 Å². The lowest BCUT2D eigenvalue weighted by atomic mass is 9.97. The number of benzene rings is 2. The Morgan fingerprint density at radius 3 is 2.67 bits per heavy atom. The van der Waals surface area contributed by atoms with E-state index in [9.17, 15) is 9.90 Å². The maximum Gasteiger partial charge on any atom is 0.336 e. The highest BCUT2D eigenvalue weighted by molar-refractivity contribution is 6.31. The van der Waals surface area contributed by atoms with Crippen molar-refractivity contribution < 1.29 is 9.90 Å². The van der Waals surface area contributed by atoms with Gasteiger partial charge in [-0.2, -0.15) is 0 Å². The average Bonchev–Trinajstić information content (AvgIpc) is 2.38. The van der Waals surface area contributed by atoms with Crippen molar-refractivity contribution in [2.75, 3.05) is 0 Å². The first-order valence-corrected chi connectivity index (χ1v) is 6.11. The van der Waals surface area contributed by atoms with Crippen LogP contribution in [0.3, 0.4) is 0 Å². The lowest BCUT2D eigenvalue weighted by molar-refractivity contribution is 0.0697. The summed E-state index contributed by atoms with van der Waals surface area (Å²) in [4.78, 5) is 11.2. The highest BCUT2D eigenvalue weighted by Gasteiger charge is 2.12. The second kappa shape index (κ2) is 5.23. The van der Waals surface area contributed by atoms with Crippen molar-refractivity contribution in [1.29, 1.82) is 0 Å². The molecule has 2 aromatic carbocycles. The molecule has 1 N–H and O–H groups in total. The maximum atomic E-state index is 11.2. The summed E-state index contributed by atoms with van der Waals surface area (Å²) >= 11 is 5.84. The van der Waals surface area contributed by atoms with Crippen molar-refractivity contribution in [2.24, 2.45) is 0 Å². The molecule has 0 fully saturated rings. The summed E-state index contributed by atoms with van der Waals surface area (Å²) in [5, 5.41) is 9.65. The number of rotatable bonds is 3. The van der Waals surface area contributed by atoms with Gasteiger partial charge >= 0.3 is 5.97 Å². The van der Waals surface area contributed by atoms with Crippen LogP contribution in [0.1, 0.15) is 22.8 Å². The second-order valence-electron chi connectivity index (χ2n) is 4.05. The molecule has 0 unspecified atom stereocenters.